The van der Waals surface area contributed by atoms with Gasteiger partial charge in [-0.3, -0.25) is 4.68 Å². The molecule has 2 rings (SSSR count). The van der Waals surface area contributed by atoms with Crippen molar-refractivity contribution in [1.29, 1.82) is 0 Å². The van der Waals surface area contributed by atoms with Gasteiger partial charge in [-0.15, -0.1) is 0 Å². The van der Waals surface area contributed by atoms with Crippen LogP contribution >= 0.6 is 0 Å². The number of aryl methyl sites for hydroxylation is 1. The van der Waals surface area contributed by atoms with Gasteiger partial charge in [0, 0.05) is 13.1 Å². The summed E-state index contributed by atoms with van der Waals surface area (Å²) in [4.78, 5) is 0. The lowest BCUT2D eigenvalue weighted by Gasteiger charge is -2.14. The highest BCUT2D eigenvalue weighted by atomic mass is 16.5. The van der Waals surface area contributed by atoms with Gasteiger partial charge in [-0.25, -0.2) is 0 Å². The van der Waals surface area contributed by atoms with E-state index in [2.05, 4.69) is 29.5 Å². The molecule has 0 spiro atoms. The van der Waals surface area contributed by atoms with E-state index in [1.807, 2.05) is 32.4 Å². The number of rotatable bonds is 5. The van der Waals surface area contributed by atoms with Crippen molar-refractivity contribution in [2.45, 2.75) is 19.4 Å². The van der Waals surface area contributed by atoms with E-state index in [9.17, 15) is 0 Å². The Labute approximate surface area is 108 Å². The molecule has 0 amide bonds. The van der Waals surface area contributed by atoms with Crippen LogP contribution in [-0.2, 0) is 7.05 Å². The molecule has 1 heterocycles. The van der Waals surface area contributed by atoms with Gasteiger partial charge in [0.2, 0.25) is 0 Å². The van der Waals surface area contributed by atoms with Crippen LogP contribution in [0.1, 0.15) is 24.9 Å². The van der Waals surface area contributed by atoms with Gasteiger partial charge in [-0.05, 0) is 31.2 Å². The minimum atomic E-state index is 0.400. The van der Waals surface area contributed by atoms with Gasteiger partial charge in [0.15, 0.2) is 5.75 Å². The number of hydrogen-bond acceptors (Lipinski definition) is 3. The van der Waals surface area contributed by atoms with Crippen LogP contribution in [0.5, 0.6) is 11.5 Å². The van der Waals surface area contributed by atoms with Crippen LogP contribution in [0.15, 0.2) is 36.7 Å². The Morgan fingerprint density at radius 2 is 2.00 bits per heavy atom. The van der Waals surface area contributed by atoms with E-state index in [0.29, 0.717) is 6.04 Å². The molecule has 18 heavy (non-hydrogen) atoms. The summed E-state index contributed by atoms with van der Waals surface area (Å²) in [6.45, 7) is 2.17. The average Bonchev–Trinajstić information content (AvgIpc) is 2.78. The average molecular weight is 245 g/mol. The fourth-order valence-corrected chi connectivity index (χ4v) is 1.96. The summed E-state index contributed by atoms with van der Waals surface area (Å²) in [5, 5.41) is 7.35. The topological polar surface area (TPSA) is 39.1 Å². The van der Waals surface area contributed by atoms with Crippen LogP contribution in [0, 0.1) is 0 Å². The summed E-state index contributed by atoms with van der Waals surface area (Å²) >= 11 is 0. The number of benzene rings is 1. The second-order valence-corrected chi connectivity index (χ2v) is 4.27. The molecule has 4 heteroatoms. The molecule has 0 aliphatic carbocycles. The molecule has 1 N–H and O–H groups in total. The van der Waals surface area contributed by atoms with Crippen molar-refractivity contribution in [3.63, 3.8) is 0 Å². The molecule has 0 aliphatic heterocycles. The summed E-state index contributed by atoms with van der Waals surface area (Å²) in [7, 11) is 3.85. The SMILES string of the molecule is CCC(NC)c1ccc(Oc2cnn(C)c2)cc1. The lowest BCUT2D eigenvalue weighted by Crippen LogP contribution is -2.14. The maximum atomic E-state index is 5.70. The second kappa shape index (κ2) is 5.69. The number of aromatic nitrogens is 2. The van der Waals surface area contributed by atoms with Crippen molar-refractivity contribution < 1.29 is 4.74 Å². The molecular weight excluding hydrogens is 226 g/mol. The summed E-state index contributed by atoms with van der Waals surface area (Å²) in [5.74, 6) is 1.59. The minimum absolute atomic E-state index is 0.400. The predicted molar refractivity (Wildman–Crippen MR) is 71.8 cm³/mol. The smallest absolute Gasteiger partial charge is 0.165 e. The largest absolute Gasteiger partial charge is 0.454 e. The molecule has 0 saturated heterocycles. The van der Waals surface area contributed by atoms with Gasteiger partial charge in [0.25, 0.3) is 0 Å². The van der Waals surface area contributed by atoms with Gasteiger partial charge >= 0.3 is 0 Å². The first kappa shape index (κ1) is 12.6. The van der Waals surface area contributed by atoms with Gasteiger partial charge < -0.3 is 10.1 Å². The van der Waals surface area contributed by atoms with Gasteiger partial charge in [0.1, 0.15) is 5.75 Å². The van der Waals surface area contributed by atoms with Crippen LogP contribution in [-0.4, -0.2) is 16.8 Å². The molecule has 2 aromatic rings. The van der Waals surface area contributed by atoms with Crippen molar-refractivity contribution in [3.05, 3.63) is 42.2 Å². The zero-order valence-electron chi connectivity index (χ0n) is 11.1. The molecule has 1 atom stereocenters. The molecule has 0 bridgehead atoms. The maximum Gasteiger partial charge on any atom is 0.165 e. The first-order chi connectivity index (χ1) is 8.72. The zero-order valence-corrected chi connectivity index (χ0v) is 11.1. The molecule has 0 aliphatic rings. The third-order valence-electron chi connectivity index (χ3n) is 2.96. The number of nitrogens with one attached hydrogen (secondary N) is 1. The third kappa shape index (κ3) is 2.90. The van der Waals surface area contributed by atoms with Crippen LogP contribution < -0.4 is 10.1 Å². The molecule has 1 aromatic heterocycles. The standard InChI is InChI=1S/C14H19N3O/c1-4-14(15-2)11-5-7-12(8-6-11)18-13-9-16-17(3)10-13/h5-10,14-15H,4H2,1-3H3. The minimum Gasteiger partial charge on any atom is -0.454 e. The number of nitrogens with zero attached hydrogens (tertiary/aromatic N) is 2. The fraction of sp³-hybridized carbons (Fsp3) is 0.357. The molecule has 96 valence electrons. The summed E-state index contributed by atoms with van der Waals surface area (Å²) in [5.41, 5.74) is 1.28. The zero-order chi connectivity index (χ0) is 13.0. The van der Waals surface area contributed by atoms with Gasteiger partial charge in [-0.2, -0.15) is 5.10 Å². The molecule has 0 fully saturated rings. The predicted octanol–water partition coefficient (Wildman–Crippen LogP) is 2.88. The monoisotopic (exact) mass is 245 g/mol. The fourth-order valence-electron chi connectivity index (χ4n) is 1.96. The van der Waals surface area contributed by atoms with Crippen molar-refractivity contribution >= 4 is 0 Å². The van der Waals surface area contributed by atoms with Crippen LogP contribution in [0.3, 0.4) is 0 Å². The highest BCUT2D eigenvalue weighted by molar-refractivity contribution is 5.32. The van der Waals surface area contributed by atoms with E-state index in [1.165, 1.54) is 5.56 Å². The molecule has 4 nitrogen and oxygen atoms in total. The van der Waals surface area contributed by atoms with E-state index in [4.69, 9.17) is 4.74 Å². The number of hydrogen-bond donors (Lipinski definition) is 1. The lowest BCUT2D eigenvalue weighted by atomic mass is 10.1. The highest BCUT2D eigenvalue weighted by Gasteiger charge is 2.06. The summed E-state index contributed by atoms with van der Waals surface area (Å²) < 4.78 is 7.42. The Hall–Kier alpha value is -1.81. The van der Waals surface area contributed by atoms with Crippen molar-refractivity contribution in [2.24, 2.45) is 7.05 Å². The Morgan fingerprint density at radius 1 is 1.28 bits per heavy atom. The van der Waals surface area contributed by atoms with E-state index < -0.39 is 0 Å². The molecule has 1 aromatic carbocycles. The molecular formula is C14H19N3O. The Morgan fingerprint density at radius 3 is 2.50 bits per heavy atom. The van der Waals surface area contributed by atoms with Crippen molar-refractivity contribution in [3.8, 4) is 11.5 Å². The van der Waals surface area contributed by atoms with Gasteiger partial charge in [-0.1, -0.05) is 19.1 Å². The number of ether oxygens (including phenoxy) is 1. The maximum absolute atomic E-state index is 5.70. The Bertz CT molecular complexity index is 486. The summed E-state index contributed by atoms with van der Waals surface area (Å²) in [6, 6.07) is 8.56. The quantitative estimate of drug-likeness (QED) is 0.880. The second-order valence-electron chi connectivity index (χ2n) is 4.27. The third-order valence-corrected chi connectivity index (χ3v) is 2.96. The van der Waals surface area contributed by atoms with Crippen LogP contribution in [0.4, 0.5) is 0 Å². The van der Waals surface area contributed by atoms with Crippen LogP contribution in [0.2, 0.25) is 0 Å². The molecule has 0 radical (unpaired) electrons. The van der Waals surface area contributed by atoms with E-state index in [-0.39, 0.29) is 0 Å². The first-order valence-electron chi connectivity index (χ1n) is 6.16. The van der Waals surface area contributed by atoms with E-state index >= 15 is 0 Å². The Balaban J connectivity index is 2.07. The van der Waals surface area contributed by atoms with E-state index in [0.717, 1.165) is 17.9 Å². The molecule has 0 saturated carbocycles. The van der Waals surface area contributed by atoms with Gasteiger partial charge in [0.05, 0.1) is 12.4 Å². The van der Waals surface area contributed by atoms with E-state index in [1.54, 1.807) is 10.9 Å². The summed E-state index contributed by atoms with van der Waals surface area (Å²) in [6.07, 6.45) is 4.62. The van der Waals surface area contributed by atoms with Crippen molar-refractivity contribution in [2.75, 3.05) is 7.05 Å². The molecule has 1 unspecified atom stereocenters. The Kier molecular flexibility index (Phi) is 3.99. The highest BCUT2D eigenvalue weighted by Crippen LogP contribution is 2.23. The normalized spacial score (nSPS) is 12.4. The lowest BCUT2D eigenvalue weighted by molar-refractivity contribution is 0.481. The van der Waals surface area contributed by atoms with Crippen LogP contribution in [0.25, 0.3) is 0 Å². The van der Waals surface area contributed by atoms with Crippen molar-refractivity contribution in [1.82, 2.24) is 15.1 Å². The first-order valence-corrected chi connectivity index (χ1v) is 6.16.